The molecular weight excluding hydrogens is 478 g/mol. The number of imidazole rings is 1. The first kappa shape index (κ1) is 18.7. The monoisotopic (exact) mass is 497 g/mol. The summed E-state index contributed by atoms with van der Waals surface area (Å²) in [7, 11) is 0. The Balaban J connectivity index is 2.00. The van der Waals surface area contributed by atoms with E-state index in [-0.39, 0.29) is 0 Å². The molecule has 4 rings (SSSR count). The molecule has 0 saturated heterocycles. The number of nitrogens with two attached hydrogens (primary N) is 1. The maximum atomic E-state index is 6.65. The van der Waals surface area contributed by atoms with E-state index in [1.54, 1.807) is 0 Å². The number of rotatable bonds is 4. The fourth-order valence-corrected chi connectivity index (χ4v) is 4.51. The molecule has 4 aromatic rings. The van der Waals surface area contributed by atoms with E-state index in [0.29, 0.717) is 5.82 Å². The van der Waals surface area contributed by atoms with Crippen molar-refractivity contribution in [2.75, 3.05) is 5.73 Å². The second kappa shape index (κ2) is 8.17. The second-order valence-electron chi connectivity index (χ2n) is 6.11. The van der Waals surface area contributed by atoms with E-state index in [0.717, 1.165) is 31.7 Å². The topological polar surface area (TPSA) is 48.2 Å². The second-order valence-corrected chi connectivity index (χ2v) is 7.69. The van der Waals surface area contributed by atoms with E-state index in [9.17, 15) is 0 Å². The predicted molar refractivity (Wildman–Crippen MR) is 117 cm³/mol. The molecule has 0 saturated carbocycles. The van der Waals surface area contributed by atoms with Gasteiger partial charge in [0.25, 0.3) is 0 Å². The molecule has 1 aromatic heterocycles. The van der Waals surface area contributed by atoms with E-state index in [4.69, 9.17) is 10.7 Å². The van der Waals surface area contributed by atoms with Gasteiger partial charge in [0, 0.05) is 0 Å². The Morgan fingerprint density at radius 1 is 0.714 bits per heavy atom. The van der Waals surface area contributed by atoms with Crippen LogP contribution < -0.4 is 5.73 Å². The number of benzene rings is 3. The first-order chi connectivity index (χ1) is 13.7. The summed E-state index contributed by atoms with van der Waals surface area (Å²) in [6.45, 7) is 0. The first-order valence-corrected chi connectivity index (χ1v) is 10.4. The molecule has 4 nitrogen and oxygen atoms in total. The fourth-order valence-electron chi connectivity index (χ4n) is 3.04. The Morgan fingerprint density at radius 2 is 1.18 bits per heavy atom. The van der Waals surface area contributed by atoms with Gasteiger partial charge in [-0.25, -0.2) is 0 Å². The summed E-state index contributed by atoms with van der Waals surface area (Å²) in [5, 5.41) is 0. The molecule has 0 spiro atoms. The molecule has 0 unspecified atom stereocenters. The van der Waals surface area contributed by atoms with Crippen molar-refractivity contribution in [1.82, 2.24) is 9.13 Å². The average Bonchev–Trinajstić information content (AvgIpc) is 3.00. The van der Waals surface area contributed by atoms with Crippen molar-refractivity contribution >= 4 is 47.7 Å². The summed E-state index contributed by atoms with van der Waals surface area (Å²) in [6.07, 6.45) is 0. The molecule has 2 N–H and O–H groups in total. The maximum absolute atomic E-state index is 6.65. The van der Waals surface area contributed by atoms with Crippen LogP contribution in [0.4, 0.5) is 11.5 Å². The number of nitrogens with zero attached hydrogens (tertiary/aromatic N) is 3. The van der Waals surface area contributed by atoms with Crippen molar-refractivity contribution < 1.29 is 0 Å². The van der Waals surface area contributed by atoms with Gasteiger partial charge in [-0.15, -0.1) is 0 Å². The van der Waals surface area contributed by atoms with Crippen LogP contribution >= 0.6 is 0 Å². The van der Waals surface area contributed by atoms with Crippen LogP contribution in [0.2, 0.25) is 0 Å². The van der Waals surface area contributed by atoms with Crippen molar-refractivity contribution in [3.63, 3.8) is 0 Å². The van der Waals surface area contributed by atoms with Crippen LogP contribution in [0, 0.1) is 4.32 Å². The van der Waals surface area contributed by atoms with Gasteiger partial charge >= 0.3 is 180 Å². The van der Waals surface area contributed by atoms with Gasteiger partial charge in [-0.2, -0.15) is 0 Å². The third-order valence-electron chi connectivity index (χ3n) is 4.31. The summed E-state index contributed by atoms with van der Waals surface area (Å²) < 4.78 is 5.68. The minimum atomic E-state index is 0.609. The van der Waals surface area contributed by atoms with Gasteiger partial charge in [0.2, 0.25) is 0 Å². The third-order valence-corrected chi connectivity index (χ3v) is 5.67. The molecule has 0 aliphatic carbocycles. The standard InChI is InChI=1S/C22H17N4Se2/c23-20-19(21(27)24-16-10-4-1-5-11-16)25(17-12-6-2-7-13-17)22(28)26(20)18-14-8-3-9-15-18/h1-15H,23H2. The molecule has 0 amide bonds. The van der Waals surface area contributed by atoms with Crippen LogP contribution in [-0.4, -0.2) is 45.3 Å². The fraction of sp³-hybridized carbons (Fsp3) is 0. The molecule has 28 heavy (non-hydrogen) atoms. The number of anilines is 1. The van der Waals surface area contributed by atoms with Gasteiger partial charge in [-0.05, 0) is 0 Å². The van der Waals surface area contributed by atoms with Gasteiger partial charge in [0.15, 0.2) is 0 Å². The average molecular weight is 495 g/mol. The van der Waals surface area contributed by atoms with Crippen molar-refractivity contribution in [3.05, 3.63) is 101 Å². The van der Waals surface area contributed by atoms with Gasteiger partial charge in [-0.3, -0.25) is 0 Å². The van der Waals surface area contributed by atoms with Crippen molar-refractivity contribution in [3.8, 4) is 11.4 Å². The molecule has 3 aromatic carbocycles. The summed E-state index contributed by atoms with van der Waals surface area (Å²) in [5.41, 5.74) is 10.3. The molecule has 1 radical (unpaired) electrons. The molecule has 0 bridgehead atoms. The molecule has 1 heterocycles. The Labute approximate surface area is 179 Å². The van der Waals surface area contributed by atoms with Gasteiger partial charge in [0.05, 0.1) is 0 Å². The Bertz CT molecular complexity index is 1180. The number of aliphatic imine (C=N–C) groups is 1. The normalized spacial score (nSPS) is 11.5. The van der Waals surface area contributed by atoms with Crippen LogP contribution in [0.3, 0.4) is 0 Å². The van der Waals surface area contributed by atoms with Gasteiger partial charge in [-0.1, -0.05) is 0 Å². The number of aromatic nitrogens is 2. The zero-order valence-corrected chi connectivity index (χ0v) is 18.3. The SMILES string of the molecule is Nc1c(C([Se])=Nc2ccccc2)n(-c2ccccc2)c(=[Se])n1-c1ccccc1. The van der Waals surface area contributed by atoms with Gasteiger partial charge in [0.1, 0.15) is 0 Å². The first-order valence-electron chi connectivity index (χ1n) is 8.72. The van der Waals surface area contributed by atoms with E-state index in [1.807, 2.05) is 83.4 Å². The molecule has 0 fully saturated rings. The molecule has 0 atom stereocenters. The number of para-hydroxylation sites is 3. The van der Waals surface area contributed by atoms with Crippen molar-refractivity contribution in [2.45, 2.75) is 0 Å². The number of nitrogen functional groups attached to an aromatic ring is 1. The van der Waals surface area contributed by atoms with E-state index in [1.165, 1.54) is 0 Å². The Morgan fingerprint density at radius 3 is 1.71 bits per heavy atom. The number of hydrogen-bond acceptors (Lipinski definition) is 2. The van der Waals surface area contributed by atoms with Crippen LogP contribution in [0.15, 0.2) is 96.0 Å². The molecule has 6 heteroatoms. The molecule has 0 aliphatic heterocycles. The summed E-state index contributed by atoms with van der Waals surface area (Å²) in [6, 6.07) is 30.0. The minimum absolute atomic E-state index is 0.609. The zero-order valence-electron chi connectivity index (χ0n) is 14.9. The van der Waals surface area contributed by atoms with Crippen LogP contribution in [0.1, 0.15) is 5.69 Å². The van der Waals surface area contributed by atoms with Crippen molar-refractivity contribution in [1.29, 1.82) is 0 Å². The van der Waals surface area contributed by atoms with E-state index >= 15 is 0 Å². The Hall–Kier alpha value is -2.62. The Kier molecular flexibility index (Phi) is 5.47. The van der Waals surface area contributed by atoms with Crippen LogP contribution in [-0.2, 0) is 0 Å². The third kappa shape index (κ3) is 3.56. The predicted octanol–water partition coefficient (Wildman–Crippen LogP) is 3.80. The summed E-state index contributed by atoms with van der Waals surface area (Å²) >= 11 is 6.30. The molecule has 137 valence electrons. The van der Waals surface area contributed by atoms with E-state index in [2.05, 4.69) is 48.3 Å². The quantitative estimate of drug-likeness (QED) is 0.340. The molecule has 0 aliphatic rings. The number of hydrogen-bond donors (Lipinski definition) is 1. The van der Waals surface area contributed by atoms with Crippen LogP contribution in [0.25, 0.3) is 11.4 Å². The molecular formula is C22H17N4Se2. The van der Waals surface area contributed by atoms with Crippen LogP contribution in [0.5, 0.6) is 0 Å². The summed E-state index contributed by atoms with van der Waals surface area (Å²) in [4.78, 5) is 4.76. The zero-order chi connectivity index (χ0) is 19.5. The van der Waals surface area contributed by atoms with Crippen molar-refractivity contribution in [2.24, 2.45) is 4.99 Å². The van der Waals surface area contributed by atoms with E-state index < -0.39 is 0 Å². The summed E-state index contributed by atoms with van der Waals surface area (Å²) in [5.74, 6) is 0.609. The van der Waals surface area contributed by atoms with Gasteiger partial charge < -0.3 is 0 Å².